The lowest BCUT2D eigenvalue weighted by Crippen LogP contribution is -2.42. The molecule has 0 radical (unpaired) electrons. The number of rotatable bonds is 6. The molecule has 0 saturated carbocycles. The van der Waals surface area contributed by atoms with Crippen molar-refractivity contribution < 1.29 is 23.5 Å². The second-order valence-corrected chi connectivity index (χ2v) is 6.17. The number of carbonyl (C=O) groups excluding carboxylic acids is 3. The summed E-state index contributed by atoms with van der Waals surface area (Å²) in [4.78, 5) is 34.3. The molecule has 0 heterocycles. The number of imide groups is 1. The molecule has 0 unspecified atom stereocenters. The minimum absolute atomic E-state index is 0.193. The molecule has 1 aromatic carbocycles. The fourth-order valence-corrected chi connectivity index (χ4v) is 1.87. The molecule has 0 bridgehead atoms. The maximum Gasteiger partial charge on any atom is 0.331 e. The van der Waals surface area contributed by atoms with Gasteiger partial charge in [-0.3, -0.25) is 10.1 Å². The van der Waals surface area contributed by atoms with Crippen LogP contribution in [-0.4, -0.2) is 31.1 Å². The number of hydrogen-bond donors (Lipinski definition) is 2. The van der Waals surface area contributed by atoms with E-state index < -0.39 is 30.3 Å². The summed E-state index contributed by atoms with van der Waals surface area (Å²) in [5.74, 6) is -1.84. The third-order valence-electron chi connectivity index (χ3n) is 2.63. The Morgan fingerprint density at radius 2 is 2.04 bits per heavy atom. The standard InChI is InChI=1S/C16H18BrFN2O4/c1-10(2)8-19-16(23)20-14(21)9-24-15(22)6-3-11-7-12(17)4-5-13(11)18/h3-7,10H,8-9H2,1-2H3,(H2,19,20,21,23)/b6-3+. The van der Waals surface area contributed by atoms with Crippen LogP contribution in [0, 0.1) is 11.7 Å². The topological polar surface area (TPSA) is 84.5 Å². The molecule has 3 amide bonds. The Kier molecular flexibility index (Phi) is 8.11. The zero-order chi connectivity index (χ0) is 18.1. The van der Waals surface area contributed by atoms with Gasteiger partial charge in [-0.1, -0.05) is 29.8 Å². The van der Waals surface area contributed by atoms with Crippen molar-refractivity contribution in [3.8, 4) is 0 Å². The van der Waals surface area contributed by atoms with Gasteiger partial charge in [0.05, 0.1) is 0 Å². The fraction of sp³-hybridized carbons (Fsp3) is 0.312. The van der Waals surface area contributed by atoms with Crippen LogP contribution in [0.4, 0.5) is 9.18 Å². The van der Waals surface area contributed by atoms with Crippen molar-refractivity contribution in [2.75, 3.05) is 13.2 Å². The molecule has 0 atom stereocenters. The summed E-state index contributed by atoms with van der Waals surface area (Å²) in [6.45, 7) is 3.62. The van der Waals surface area contributed by atoms with Crippen LogP contribution in [0.3, 0.4) is 0 Å². The summed E-state index contributed by atoms with van der Waals surface area (Å²) in [5.41, 5.74) is 0.193. The van der Waals surface area contributed by atoms with Crippen molar-refractivity contribution >= 4 is 39.9 Å². The van der Waals surface area contributed by atoms with Crippen LogP contribution < -0.4 is 10.6 Å². The van der Waals surface area contributed by atoms with E-state index in [-0.39, 0.29) is 11.5 Å². The second-order valence-electron chi connectivity index (χ2n) is 5.26. The maximum absolute atomic E-state index is 13.5. The number of esters is 1. The molecule has 0 aliphatic rings. The zero-order valence-electron chi connectivity index (χ0n) is 13.3. The number of urea groups is 1. The van der Waals surface area contributed by atoms with Gasteiger partial charge >= 0.3 is 12.0 Å². The molecule has 0 fully saturated rings. The first-order valence-electron chi connectivity index (χ1n) is 7.15. The lowest BCUT2D eigenvalue weighted by molar-refractivity contribution is -0.143. The molecule has 0 aromatic heterocycles. The van der Waals surface area contributed by atoms with Crippen molar-refractivity contribution in [1.82, 2.24) is 10.6 Å². The largest absolute Gasteiger partial charge is 0.452 e. The molecule has 0 aliphatic carbocycles. The summed E-state index contributed by atoms with van der Waals surface area (Å²) in [7, 11) is 0. The Morgan fingerprint density at radius 1 is 1.33 bits per heavy atom. The number of carbonyl (C=O) groups is 3. The predicted octanol–water partition coefficient (Wildman–Crippen LogP) is 2.63. The van der Waals surface area contributed by atoms with E-state index in [0.717, 1.165) is 6.08 Å². The van der Waals surface area contributed by atoms with E-state index in [1.165, 1.54) is 24.3 Å². The van der Waals surface area contributed by atoms with Crippen molar-refractivity contribution in [1.29, 1.82) is 0 Å². The summed E-state index contributed by atoms with van der Waals surface area (Å²) in [6, 6.07) is 3.61. The van der Waals surface area contributed by atoms with Gasteiger partial charge in [-0.05, 0) is 30.2 Å². The lowest BCUT2D eigenvalue weighted by Gasteiger charge is -2.08. The predicted molar refractivity (Wildman–Crippen MR) is 90.5 cm³/mol. The van der Waals surface area contributed by atoms with E-state index in [1.54, 1.807) is 0 Å². The van der Waals surface area contributed by atoms with E-state index >= 15 is 0 Å². The first kappa shape index (κ1) is 19.8. The quantitative estimate of drug-likeness (QED) is 0.567. The van der Waals surface area contributed by atoms with Gasteiger partial charge in [-0.25, -0.2) is 14.0 Å². The first-order chi connectivity index (χ1) is 11.3. The molecule has 1 rings (SSSR count). The van der Waals surface area contributed by atoms with E-state index in [0.29, 0.717) is 11.0 Å². The van der Waals surface area contributed by atoms with E-state index in [1.807, 2.05) is 19.2 Å². The summed E-state index contributed by atoms with van der Waals surface area (Å²) in [6.07, 6.45) is 2.23. The van der Waals surface area contributed by atoms with Crippen molar-refractivity contribution in [3.63, 3.8) is 0 Å². The van der Waals surface area contributed by atoms with Crippen LogP contribution in [0.15, 0.2) is 28.7 Å². The summed E-state index contributed by atoms with van der Waals surface area (Å²) >= 11 is 3.19. The first-order valence-corrected chi connectivity index (χ1v) is 7.94. The molecule has 0 aliphatic heterocycles. The third kappa shape index (κ3) is 7.87. The van der Waals surface area contributed by atoms with Crippen LogP contribution in [0.1, 0.15) is 19.4 Å². The van der Waals surface area contributed by atoms with Crippen LogP contribution >= 0.6 is 15.9 Å². The minimum Gasteiger partial charge on any atom is -0.452 e. The fourth-order valence-electron chi connectivity index (χ4n) is 1.49. The van der Waals surface area contributed by atoms with Crippen molar-refractivity contribution in [3.05, 3.63) is 40.1 Å². The van der Waals surface area contributed by atoms with Gasteiger partial charge in [0.1, 0.15) is 5.82 Å². The van der Waals surface area contributed by atoms with Gasteiger partial charge in [0.2, 0.25) is 0 Å². The Morgan fingerprint density at radius 3 is 2.71 bits per heavy atom. The molecular formula is C16H18BrFN2O4. The molecule has 6 nitrogen and oxygen atoms in total. The highest BCUT2D eigenvalue weighted by molar-refractivity contribution is 9.10. The lowest BCUT2D eigenvalue weighted by atomic mass is 10.2. The van der Waals surface area contributed by atoms with Crippen molar-refractivity contribution in [2.45, 2.75) is 13.8 Å². The van der Waals surface area contributed by atoms with Crippen LogP contribution in [0.2, 0.25) is 0 Å². The van der Waals surface area contributed by atoms with E-state index in [9.17, 15) is 18.8 Å². The molecule has 1 aromatic rings. The molecule has 24 heavy (non-hydrogen) atoms. The maximum atomic E-state index is 13.5. The second kappa shape index (κ2) is 9.82. The van der Waals surface area contributed by atoms with Crippen LogP contribution in [-0.2, 0) is 14.3 Å². The molecule has 8 heteroatoms. The molecule has 0 spiro atoms. The Balaban J connectivity index is 2.40. The van der Waals surface area contributed by atoms with Gasteiger partial charge in [-0.2, -0.15) is 0 Å². The van der Waals surface area contributed by atoms with Gasteiger partial charge in [0.25, 0.3) is 5.91 Å². The minimum atomic E-state index is -0.827. The highest BCUT2D eigenvalue weighted by atomic mass is 79.9. The average molecular weight is 401 g/mol. The average Bonchev–Trinajstić information content (AvgIpc) is 2.51. The zero-order valence-corrected chi connectivity index (χ0v) is 14.9. The van der Waals surface area contributed by atoms with Crippen LogP contribution in [0.25, 0.3) is 6.08 Å². The number of benzene rings is 1. The van der Waals surface area contributed by atoms with Gasteiger partial charge < -0.3 is 10.1 Å². The molecule has 0 saturated heterocycles. The highest BCUT2D eigenvalue weighted by Crippen LogP contribution is 2.16. The molecule has 130 valence electrons. The molecular weight excluding hydrogens is 383 g/mol. The number of halogens is 2. The SMILES string of the molecule is CC(C)CNC(=O)NC(=O)COC(=O)/C=C/c1cc(Br)ccc1F. The van der Waals surface area contributed by atoms with Gasteiger partial charge in [0.15, 0.2) is 6.61 Å². The highest BCUT2D eigenvalue weighted by Gasteiger charge is 2.10. The number of amides is 3. The Labute approximate surface area is 147 Å². The molecule has 2 N–H and O–H groups in total. The van der Waals surface area contributed by atoms with E-state index in [4.69, 9.17) is 0 Å². The monoisotopic (exact) mass is 400 g/mol. The summed E-state index contributed by atoms with van der Waals surface area (Å²) < 4.78 is 18.8. The van der Waals surface area contributed by atoms with E-state index in [2.05, 4.69) is 26.0 Å². The smallest absolute Gasteiger partial charge is 0.331 e. The third-order valence-corrected chi connectivity index (χ3v) is 3.12. The Bertz CT molecular complexity index is 647. The number of nitrogens with one attached hydrogen (secondary N) is 2. The Hall–Kier alpha value is -2.22. The van der Waals surface area contributed by atoms with Crippen molar-refractivity contribution in [2.24, 2.45) is 5.92 Å². The summed E-state index contributed by atoms with van der Waals surface area (Å²) in [5, 5.41) is 4.51. The normalized spacial score (nSPS) is 10.7. The number of ether oxygens (including phenoxy) is 1. The number of hydrogen-bond acceptors (Lipinski definition) is 4. The van der Waals surface area contributed by atoms with Crippen LogP contribution in [0.5, 0.6) is 0 Å². The van der Waals surface area contributed by atoms with Gasteiger partial charge in [-0.15, -0.1) is 0 Å². The van der Waals surface area contributed by atoms with Gasteiger partial charge in [0, 0.05) is 22.7 Å².